The van der Waals surface area contributed by atoms with E-state index < -0.39 is 0 Å². The zero-order chi connectivity index (χ0) is 17.8. The highest BCUT2D eigenvalue weighted by molar-refractivity contribution is 7.98. The Labute approximate surface area is 152 Å². The number of amides is 1. The quantitative estimate of drug-likeness (QED) is 0.783. The molecule has 132 valence electrons. The van der Waals surface area contributed by atoms with Crippen LogP contribution < -0.4 is 4.74 Å². The van der Waals surface area contributed by atoms with Gasteiger partial charge in [0.15, 0.2) is 0 Å². The Bertz CT molecular complexity index is 748. The molecule has 0 aliphatic carbocycles. The number of carbonyl (C=O) groups is 1. The number of thioether (sulfide) groups is 1. The monoisotopic (exact) mass is 358 g/mol. The predicted molar refractivity (Wildman–Crippen MR) is 97.1 cm³/mol. The summed E-state index contributed by atoms with van der Waals surface area (Å²) in [5.74, 6) is 0.00657. The third-order valence-electron chi connectivity index (χ3n) is 4.09. The summed E-state index contributed by atoms with van der Waals surface area (Å²) in [6.45, 7) is 5.11. The van der Waals surface area contributed by atoms with Crippen LogP contribution in [0.5, 0.6) is 6.01 Å². The van der Waals surface area contributed by atoms with Gasteiger partial charge >= 0.3 is 6.01 Å². The summed E-state index contributed by atoms with van der Waals surface area (Å²) >= 11 is 1.48. The fraction of sp³-hybridized carbons (Fsp3) is 0.444. The van der Waals surface area contributed by atoms with Crippen LogP contribution in [0.25, 0.3) is 0 Å². The maximum absolute atomic E-state index is 12.9. The highest BCUT2D eigenvalue weighted by atomic mass is 32.2. The van der Waals surface area contributed by atoms with Gasteiger partial charge in [-0.25, -0.2) is 15.0 Å². The lowest BCUT2D eigenvalue weighted by Crippen LogP contribution is -2.44. The van der Waals surface area contributed by atoms with Crippen LogP contribution in [0.2, 0.25) is 0 Å². The summed E-state index contributed by atoms with van der Waals surface area (Å²) in [4.78, 5) is 27.7. The maximum atomic E-state index is 12.9. The fourth-order valence-electron chi connectivity index (χ4n) is 3.00. The van der Waals surface area contributed by atoms with Gasteiger partial charge in [0.05, 0.1) is 12.1 Å². The van der Waals surface area contributed by atoms with Crippen molar-refractivity contribution in [2.45, 2.75) is 37.8 Å². The minimum atomic E-state index is -0.0895. The zero-order valence-electron chi connectivity index (χ0n) is 14.7. The highest BCUT2D eigenvalue weighted by Crippen LogP contribution is 2.22. The molecule has 1 unspecified atom stereocenters. The smallest absolute Gasteiger partial charge is 0.317 e. The van der Waals surface area contributed by atoms with Crippen LogP contribution in [0.3, 0.4) is 0 Å². The Balaban J connectivity index is 1.71. The van der Waals surface area contributed by atoms with E-state index in [2.05, 4.69) is 15.0 Å². The minimum absolute atomic E-state index is 0.00657. The van der Waals surface area contributed by atoms with Gasteiger partial charge in [-0.1, -0.05) is 0 Å². The van der Waals surface area contributed by atoms with E-state index in [4.69, 9.17) is 4.74 Å². The van der Waals surface area contributed by atoms with Crippen molar-refractivity contribution in [2.75, 3.05) is 19.3 Å². The Kier molecular flexibility index (Phi) is 5.53. The SMILES string of the molecule is CSc1ncccc1C(=O)N1CCCC(Oc2nc(C)cc(C)n2)C1. The number of pyridine rings is 1. The second kappa shape index (κ2) is 7.82. The molecule has 6 nitrogen and oxygen atoms in total. The lowest BCUT2D eigenvalue weighted by molar-refractivity contribution is 0.0511. The van der Waals surface area contributed by atoms with Gasteiger partial charge in [-0.3, -0.25) is 4.79 Å². The number of carbonyl (C=O) groups excluding carboxylic acids is 1. The molecular formula is C18H22N4O2S. The molecule has 1 fully saturated rings. The summed E-state index contributed by atoms with van der Waals surface area (Å²) < 4.78 is 5.95. The Morgan fingerprint density at radius 3 is 2.80 bits per heavy atom. The zero-order valence-corrected chi connectivity index (χ0v) is 15.5. The number of likely N-dealkylation sites (tertiary alicyclic amines) is 1. The molecule has 7 heteroatoms. The second-order valence-electron chi connectivity index (χ2n) is 6.13. The first-order valence-electron chi connectivity index (χ1n) is 8.34. The summed E-state index contributed by atoms with van der Waals surface area (Å²) in [5, 5.41) is 0.758. The first-order chi connectivity index (χ1) is 12.1. The van der Waals surface area contributed by atoms with Crippen LogP contribution >= 0.6 is 11.8 Å². The summed E-state index contributed by atoms with van der Waals surface area (Å²) in [7, 11) is 0. The van der Waals surface area contributed by atoms with Gasteiger partial charge in [0.25, 0.3) is 5.91 Å². The van der Waals surface area contributed by atoms with Crippen LogP contribution in [-0.4, -0.2) is 51.2 Å². The van der Waals surface area contributed by atoms with E-state index in [0.717, 1.165) is 35.8 Å². The number of rotatable bonds is 4. The first kappa shape index (κ1) is 17.7. The van der Waals surface area contributed by atoms with E-state index in [1.807, 2.05) is 37.1 Å². The van der Waals surface area contributed by atoms with E-state index in [-0.39, 0.29) is 12.0 Å². The molecule has 0 N–H and O–H groups in total. The molecular weight excluding hydrogens is 336 g/mol. The van der Waals surface area contributed by atoms with E-state index in [1.54, 1.807) is 12.3 Å². The standard InChI is InChI=1S/C18H22N4O2S/c1-12-10-13(2)21-18(20-12)24-14-6-5-9-22(11-14)17(23)15-7-4-8-19-16(15)25-3/h4,7-8,10,14H,5-6,9,11H2,1-3H3. The van der Waals surface area contributed by atoms with Crippen molar-refractivity contribution in [1.29, 1.82) is 0 Å². The minimum Gasteiger partial charge on any atom is -0.458 e. The molecule has 1 amide bonds. The number of piperidine rings is 1. The van der Waals surface area contributed by atoms with Gasteiger partial charge in [-0.05, 0) is 51.1 Å². The molecule has 3 rings (SSSR count). The van der Waals surface area contributed by atoms with Gasteiger partial charge in [-0.2, -0.15) is 0 Å². The molecule has 0 aromatic carbocycles. The molecule has 2 aromatic rings. The number of nitrogens with zero attached hydrogens (tertiary/aromatic N) is 4. The van der Waals surface area contributed by atoms with E-state index in [0.29, 0.717) is 18.1 Å². The predicted octanol–water partition coefficient (Wildman–Crippen LogP) is 2.89. The molecule has 0 radical (unpaired) electrons. The molecule has 1 aliphatic heterocycles. The lowest BCUT2D eigenvalue weighted by Gasteiger charge is -2.32. The summed E-state index contributed by atoms with van der Waals surface area (Å²) in [6, 6.07) is 5.94. The topological polar surface area (TPSA) is 68.2 Å². The van der Waals surface area contributed by atoms with Gasteiger partial charge in [0.1, 0.15) is 11.1 Å². The first-order valence-corrected chi connectivity index (χ1v) is 9.56. The van der Waals surface area contributed by atoms with Crippen LogP contribution in [-0.2, 0) is 0 Å². The van der Waals surface area contributed by atoms with Gasteiger partial charge < -0.3 is 9.64 Å². The largest absolute Gasteiger partial charge is 0.458 e. The van der Waals surface area contributed by atoms with Crippen molar-refractivity contribution in [2.24, 2.45) is 0 Å². The summed E-state index contributed by atoms with van der Waals surface area (Å²) in [5.41, 5.74) is 2.41. The van der Waals surface area contributed by atoms with Crippen molar-refractivity contribution in [3.05, 3.63) is 41.3 Å². The van der Waals surface area contributed by atoms with Crippen molar-refractivity contribution in [3.8, 4) is 6.01 Å². The Morgan fingerprint density at radius 2 is 2.08 bits per heavy atom. The van der Waals surface area contributed by atoms with Crippen LogP contribution in [0.15, 0.2) is 29.4 Å². The van der Waals surface area contributed by atoms with Crippen LogP contribution in [0.4, 0.5) is 0 Å². The molecule has 1 atom stereocenters. The molecule has 1 aliphatic rings. The third kappa shape index (κ3) is 4.28. The van der Waals surface area contributed by atoms with E-state index in [1.165, 1.54) is 11.8 Å². The van der Waals surface area contributed by atoms with Crippen LogP contribution in [0, 0.1) is 13.8 Å². The number of aryl methyl sites for hydroxylation is 2. The molecule has 25 heavy (non-hydrogen) atoms. The number of hydrogen-bond donors (Lipinski definition) is 0. The molecule has 0 spiro atoms. The third-order valence-corrected chi connectivity index (χ3v) is 4.81. The maximum Gasteiger partial charge on any atom is 0.317 e. The molecule has 0 saturated carbocycles. The van der Waals surface area contributed by atoms with Gasteiger partial charge in [0, 0.05) is 24.1 Å². The van der Waals surface area contributed by atoms with Crippen molar-refractivity contribution >= 4 is 17.7 Å². The molecule has 2 aromatic heterocycles. The fourth-order valence-corrected chi connectivity index (χ4v) is 3.54. The molecule has 0 bridgehead atoms. The van der Waals surface area contributed by atoms with Crippen molar-refractivity contribution < 1.29 is 9.53 Å². The van der Waals surface area contributed by atoms with Gasteiger partial charge in [-0.15, -0.1) is 11.8 Å². The average Bonchev–Trinajstić information content (AvgIpc) is 2.60. The van der Waals surface area contributed by atoms with Crippen molar-refractivity contribution in [3.63, 3.8) is 0 Å². The Morgan fingerprint density at radius 1 is 1.32 bits per heavy atom. The van der Waals surface area contributed by atoms with Crippen LogP contribution in [0.1, 0.15) is 34.6 Å². The highest BCUT2D eigenvalue weighted by Gasteiger charge is 2.27. The van der Waals surface area contributed by atoms with E-state index in [9.17, 15) is 4.79 Å². The summed E-state index contributed by atoms with van der Waals surface area (Å²) in [6.07, 6.45) is 5.34. The number of ether oxygens (including phenoxy) is 1. The Hall–Kier alpha value is -2.15. The van der Waals surface area contributed by atoms with E-state index >= 15 is 0 Å². The van der Waals surface area contributed by atoms with Crippen molar-refractivity contribution in [1.82, 2.24) is 19.9 Å². The average molecular weight is 358 g/mol. The number of hydrogen-bond acceptors (Lipinski definition) is 6. The lowest BCUT2D eigenvalue weighted by atomic mass is 10.1. The second-order valence-corrected chi connectivity index (χ2v) is 6.92. The molecule has 3 heterocycles. The van der Waals surface area contributed by atoms with Gasteiger partial charge in [0.2, 0.25) is 0 Å². The molecule has 1 saturated heterocycles. The normalized spacial score (nSPS) is 17.4. The number of aromatic nitrogens is 3.